The predicted molar refractivity (Wildman–Crippen MR) is 91.9 cm³/mol. The SMILES string of the molecule is CC(C)CNCc1sc(CN2CCCC2)nc1C(C)(C)C. The first-order chi connectivity index (χ1) is 9.86. The standard InChI is InChI=1S/C17H31N3S/c1-13(2)10-18-11-14-16(17(3,4)5)19-15(21-14)12-20-8-6-7-9-20/h13,18H,6-12H2,1-5H3. The molecule has 0 bridgehead atoms. The molecule has 0 unspecified atom stereocenters. The number of nitrogens with zero attached hydrogens (tertiary/aromatic N) is 2. The van der Waals surface area contributed by atoms with Crippen LogP contribution in [-0.4, -0.2) is 29.5 Å². The van der Waals surface area contributed by atoms with Gasteiger partial charge in [0.15, 0.2) is 0 Å². The number of aromatic nitrogens is 1. The Hall–Kier alpha value is -0.450. The number of hydrogen-bond donors (Lipinski definition) is 1. The van der Waals surface area contributed by atoms with E-state index in [9.17, 15) is 0 Å². The summed E-state index contributed by atoms with van der Waals surface area (Å²) in [5.41, 5.74) is 1.42. The van der Waals surface area contributed by atoms with Crippen LogP contribution >= 0.6 is 11.3 Å². The number of nitrogens with one attached hydrogen (secondary N) is 1. The number of thiazole rings is 1. The van der Waals surface area contributed by atoms with Gasteiger partial charge in [-0.05, 0) is 38.4 Å². The van der Waals surface area contributed by atoms with Crippen LogP contribution in [0.1, 0.15) is 63.0 Å². The lowest BCUT2D eigenvalue weighted by Crippen LogP contribution is -2.22. The molecule has 2 rings (SSSR count). The van der Waals surface area contributed by atoms with Gasteiger partial charge >= 0.3 is 0 Å². The van der Waals surface area contributed by atoms with Gasteiger partial charge in [0.25, 0.3) is 0 Å². The van der Waals surface area contributed by atoms with Crippen molar-refractivity contribution in [2.24, 2.45) is 5.92 Å². The third-order valence-corrected chi connectivity index (χ3v) is 4.89. The Morgan fingerprint density at radius 2 is 1.90 bits per heavy atom. The Kier molecular flexibility index (Phi) is 5.81. The summed E-state index contributed by atoms with van der Waals surface area (Å²) in [5, 5.41) is 4.87. The molecular formula is C17H31N3S. The Labute approximate surface area is 134 Å². The van der Waals surface area contributed by atoms with Crippen LogP contribution in [0.2, 0.25) is 0 Å². The number of rotatable bonds is 6. The zero-order valence-electron chi connectivity index (χ0n) is 14.3. The molecule has 1 aromatic rings. The smallest absolute Gasteiger partial charge is 0.107 e. The van der Waals surface area contributed by atoms with Gasteiger partial charge in [-0.2, -0.15) is 0 Å². The summed E-state index contributed by atoms with van der Waals surface area (Å²) in [6.45, 7) is 16.9. The third-order valence-electron chi connectivity index (χ3n) is 3.85. The zero-order chi connectivity index (χ0) is 15.5. The van der Waals surface area contributed by atoms with Crippen molar-refractivity contribution in [1.29, 1.82) is 0 Å². The lowest BCUT2D eigenvalue weighted by molar-refractivity contribution is 0.330. The van der Waals surface area contributed by atoms with E-state index in [1.807, 2.05) is 11.3 Å². The van der Waals surface area contributed by atoms with Gasteiger partial charge in [-0.1, -0.05) is 34.6 Å². The summed E-state index contributed by atoms with van der Waals surface area (Å²) in [5.74, 6) is 0.695. The van der Waals surface area contributed by atoms with E-state index >= 15 is 0 Å². The van der Waals surface area contributed by atoms with Crippen LogP contribution in [0.25, 0.3) is 0 Å². The fourth-order valence-corrected chi connectivity index (χ4v) is 4.07. The highest BCUT2D eigenvalue weighted by molar-refractivity contribution is 7.11. The molecule has 1 aliphatic rings. The molecule has 1 fully saturated rings. The second-order valence-electron chi connectivity index (χ2n) is 7.64. The van der Waals surface area contributed by atoms with E-state index < -0.39 is 0 Å². The normalized spacial score (nSPS) is 17.0. The molecule has 0 atom stereocenters. The van der Waals surface area contributed by atoms with Gasteiger partial charge in [-0.3, -0.25) is 4.90 Å². The van der Waals surface area contributed by atoms with Crippen LogP contribution in [0.5, 0.6) is 0 Å². The summed E-state index contributed by atoms with van der Waals surface area (Å²) >= 11 is 1.91. The van der Waals surface area contributed by atoms with Crippen LogP contribution in [0.4, 0.5) is 0 Å². The minimum absolute atomic E-state index is 0.134. The van der Waals surface area contributed by atoms with Gasteiger partial charge in [0.05, 0.1) is 12.2 Å². The Bertz CT molecular complexity index is 439. The Morgan fingerprint density at radius 1 is 1.24 bits per heavy atom. The van der Waals surface area contributed by atoms with Gasteiger partial charge in [0.1, 0.15) is 5.01 Å². The molecule has 1 saturated heterocycles. The summed E-state index contributed by atoms with van der Waals surface area (Å²) in [4.78, 5) is 8.95. The van der Waals surface area contributed by atoms with E-state index in [1.165, 1.54) is 41.5 Å². The average molecular weight is 310 g/mol. The first kappa shape index (κ1) is 16.9. The molecule has 3 nitrogen and oxygen atoms in total. The van der Waals surface area contributed by atoms with Crippen LogP contribution in [-0.2, 0) is 18.5 Å². The van der Waals surface area contributed by atoms with Crippen LogP contribution in [0.15, 0.2) is 0 Å². The van der Waals surface area contributed by atoms with Crippen molar-refractivity contribution in [2.75, 3.05) is 19.6 Å². The third kappa shape index (κ3) is 5.04. The molecule has 1 aliphatic heterocycles. The van der Waals surface area contributed by atoms with E-state index in [4.69, 9.17) is 4.98 Å². The molecule has 0 saturated carbocycles. The first-order valence-corrected chi connectivity index (χ1v) is 9.10. The van der Waals surface area contributed by atoms with Gasteiger partial charge in [-0.25, -0.2) is 4.98 Å². The highest BCUT2D eigenvalue weighted by Gasteiger charge is 2.24. The maximum absolute atomic E-state index is 4.98. The van der Waals surface area contributed by atoms with Crippen LogP contribution in [0, 0.1) is 5.92 Å². The minimum Gasteiger partial charge on any atom is -0.312 e. The fraction of sp³-hybridized carbons (Fsp3) is 0.824. The molecule has 0 amide bonds. The molecule has 1 N–H and O–H groups in total. The maximum atomic E-state index is 4.98. The maximum Gasteiger partial charge on any atom is 0.107 e. The van der Waals surface area contributed by atoms with E-state index in [-0.39, 0.29) is 5.41 Å². The number of likely N-dealkylation sites (tertiary alicyclic amines) is 1. The first-order valence-electron chi connectivity index (χ1n) is 8.28. The Morgan fingerprint density at radius 3 is 2.48 bits per heavy atom. The summed E-state index contributed by atoms with van der Waals surface area (Å²) in [6.07, 6.45) is 2.70. The lowest BCUT2D eigenvalue weighted by Gasteiger charge is -2.18. The number of hydrogen-bond acceptors (Lipinski definition) is 4. The monoisotopic (exact) mass is 309 g/mol. The van der Waals surface area contributed by atoms with E-state index in [0.717, 1.165) is 19.6 Å². The van der Waals surface area contributed by atoms with E-state index in [1.54, 1.807) is 0 Å². The second kappa shape index (κ2) is 7.21. The van der Waals surface area contributed by atoms with Gasteiger partial charge in [-0.15, -0.1) is 11.3 Å². The molecule has 0 radical (unpaired) electrons. The van der Waals surface area contributed by atoms with Crippen molar-refractivity contribution >= 4 is 11.3 Å². The molecule has 21 heavy (non-hydrogen) atoms. The lowest BCUT2D eigenvalue weighted by atomic mass is 9.91. The highest BCUT2D eigenvalue weighted by Crippen LogP contribution is 2.30. The second-order valence-corrected chi connectivity index (χ2v) is 8.81. The van der Waals surface area contributed by atoms with Crippen molar-refractivity contribution in [1.82, 2.24) is 15.2 Å². The average Bonchev–Trinajstić information content (AvgIpc) is 2.98. The quantitative estimate of drug-likeness (QED) is 0.867. The zero-order valence-corrected chi connectivity index (χ0v) is 15.1. The van der Waals surface area contributed by atoms with Crippen LogP contribution < -0.4 is 5.32 Å². The predicted octanol–water partition coefficient (Wildman–Crippen LogP) is 3.78. The molecule has 2 heterocycles. The van der Waals surface area contributed by atoms with Gasteiger partial charge in [0.2, 0.25) is 0 Å². The van der Waals surface area contributed by atoms with E-state index in [2.05, 4.69) is 44.8 Å². The van der Waals surface area contributed by atoms with Gasteiger partial charge < -0.3 is 5.32 Å². The molecule has 120 valence electrons. The Balaban J connectivity index is 2.06. The molecular weight excluding hydrogens is 278 g/mol. The van der Waals surface area contributed by atoms with Crippen molar-refractivity contribution in [2.45, 2.75) is 66.0 Å². The topological polar surface area (TPSA) is 28.2 Å². The van der Waals surface area contributed by atoms with Crippen molar-refractivity contribution in [3.63, 3.8) is 0 Å². The molecule has 4 heteroatoms. The van der Waals surface area contributed by atoms with Crippen molar-refractivity contribution in [3.8, 4) is 0 Å². The van der Waals surface area contributed by atoms with Crippen LogP contribution in [0.3, 0.4) is 0 Å². The molecule has 0 aliphatic carbocycles. The molecule has 0 spiro atoms. The molecule has 1 aromatic heterocycles. The minimum atomic E-state index is 0.134. The summed E-state index contributed by atoms with van der Waals surface area (Å²) in [6, 6.07) is 0. The molecule has 0 aromatic carbocycles. The highest BCUT2D eigenvalue weighted by atomic mass is 32.1. The van der Waals surface area contributed by atoms with E-state index in [0.29, 0.717) is 5.92 Å². The van der Waals surface area contributed by atoms with Crippen molar-refractivity contribution in [3.05, 3.63) is 15.6 Å². The van der Waals surface area contributed by atoms with Gasteiger partial charge in [0, 0.05) is 16.8 Å². The fourth-order valence-electron chi connectivity index (χ4n) is 2.78. The van der Waals surface area contributed by atoms with Crippen molar-refractivity contribution < 1.29 is 0 Å². The summed E-state index contributed by atoms with van der Waals surface area (Å²) in [7, 11) is 0. The summed E-state index contributed by atoms with van der Waals surface area (Å²) < 4.78 is 0. The largest absolute Gasteiger partial charge is 0.312 e.